The number of methoxy groups -OCH3 is 1. The molecule has 3 aromatic carbocycles. The van der Waals surface area contributed by atoms with Crippen LogP contribution in [0.1, 0.15) is 36.8 Å². The summed E-state index contributed by atoms with van der Waals surface area (Å²) in [4.78, 5) is 27.7. The molecule has 39 heavy (non-hydrogen) atoms. The fraction of sp³-hybridized carbons (Fsp3) is 0.323. The summed E-state index contributed by atoms with van der Waals surface area (Å²) in [6, 6.07) is 15.3. The summed E-state index contributed by atoms with van der Waals surface area (Å²) in [5, 5.41) is 6.41. The van der Waals surface area contributed by atoms with Gasteiger partial charge >= 0.3 is 5.97 Å². The van der Waals surface area contributed by atoms with Crippen molar-refractivity contribution >= 4 is 67.9 Å². The van der Waals surface area contributed by atoms with Crippen LogP contribution in [0, 0.1) is 23.6 Å². The molecule has 8 heteroatoms. The Hall–Kier alpha value is -3.27. The number of benzene rings is 3. The van der Waals surface area contributed by atoms with Gasteiger partial charge in [0.25, 0.3) is 0 Å². The van der Waals surface area contributed by atoms with Gasteiger partial charge in [-0.3, -0.25) is 9.48 Å². The molecule has 6 nitrogen and oxygen atoms in total. The van der Waals surface area contributed by atoms with Gasteiger partial charge in [0.2, 0.25) is 5.91 Å². The quantitative estimate of drug-likeness (QED) is 0.0960. The number of amides is 1. The average molecular weight is 637 g/mol. The Morgan fingerprint density at radius 3 is 2.74 bits per heavy atom. The van der Waals surface area contributed by atoms with Gasteiger partial charge in [0, 0.05) is 28.5 Å². The molecule has 0 radical (unpaired) electrons. The van der Waals surface area contributed by atoms with Crippen molar-refractivity contribution < 1.29 is 18.7 Å². The fourth-order valence-electron chi connectivity index (χ4n) is 6.50. The van der Waals surface area contributed by atoms with Crippen LogP contribution in [0.25, 0.3) is 27.8 Å². The second-order valence-corrected chi connectivity index (χ2v) is 11.2. The highest BCUT2D eigenvalue weighted by molar-refractivity contribution is 14.1. The zero-order valence-electron chi connectivity index (χ0n) is 21.6. The molecule has 0 N–H and O–H groups in total. The van der Waals surface area contributed by atoms with Gasteiger partial charge < -0.3 is 9.64 Å². The number of anilines is 1. The molecule has 2 aliphatic rings. The van der Waals surface area contributed by atoms with Crippen LogP contribution < -0.4 is 4.90 Å². The molecular weight excluding hydrogens is 608 g/mol. The van der Waals surface area contributed by atoms with Gasteiger partial charge in [-0.25, -0.2) is 9.18 Å². The zero-order chi connectivity index (χ0) is 27.1. The number of fused-ring (bicyclic) bond motifs is 4. The fourth-order valence-corrected chi connectivity index (χ4v) is 7.02. The molecule has 1 amide bonds. The number of carbonyl (C=O) groups excluding carboxylic acids is 2. The second kappa shape index (κ2) is 10.7. The molecule has 2 bridgehead atoms. The van der Waals surface area contributed by atoms with E-state index in [1.165, 1.54) is 19.6 Å². The minimum atomic E-state index is -0.446. The van der Waals surface area contributed by atoms with Crippen molar-refractivity contribution in [2.75, 3.05) is 12.0 Å². The Balaban J connectivity index is 1.44. The Bertz CT molecular complexity index is 1610. The van der Waals surface area contributed by atoms with Crippen LogP contribution in [0.2, 0.25) is 0 Å². The van der Waals surface area contributed by atoms with Crippen molar-refractivity contribution in [2.24, 2.45) is 17.8 Å². The first-order valence-electron chi connectivity index (χ1n) is 13.3. The summed E-state index contributed by atoms with van der Waals surface area (Å²) in [5.74, 6) is 0.344. The van der Waals surface area contributed by atoms with Gasteiger partial charge in [-0.05, 0) is 71.9 Å². The van der Waals surface area contributed by atoms with Crippen molar-refractivity contribution in [3.05, 3.63) is 77.7 Å². The lowest BCUT2D eigenvalue weighted by molar-refractivity contribution is -0.134. The summed E-state index contributed by atoms with van der Waals surface area (Å²) >= 11 is 2.18. The molecule has 1 heterocycles. The van der Waals surface area contributed by atoms with Gasteiger partial charge in [-0.1, -0.05) is 59.3 Å². The highest BCUT2D eigenvalue weighted by Gasteiger charge is 2.44. The van der Waals surface area contributed by atoms with E-state index in [-0.39, 0.29) is 24.2 Å². The Morgan fingerprint density at radius 1 is 1.15 bits per heavy atom. The van der Waals surface area contributed by atoms with E-state index < -0.39 is 5.97 Å². The summed E-state index contributed by atoms with van der Waals surface area (Å²) < 4.78 is 23.1. The van der Waals surface area contributed by atoms with Gasteiger partial charge in [0.15, 0.2) is 5.82 Å². The monoisotopic (exact) mass is 637 g/mol. The largest absolute Gasteiger partial charge is 0.466 e. The van der Waals surface area contributed by atoms with Crippen LogP contribution in [0.3, 0.4) is 0 Å². The molecule has 2 aliphatic carbocycles. The number of halogens is 2. The minimum Gasteiger partial charge on any atom is -0.466 e. The number of nitrogens with zero attached hydrogens (tertiary/aromatic N) is 3. The maximum Gasteiger partial charge on any atom is 0.330 e. The number of esters is 1. The number of hydrogen-bond acceptors (Lipinski definition) is 4. The molecule has 0 spiro atoms. The Morgan fingerprint density at radius 2 is 2.00 bits per heavy atom. The van der Waals surface area contributed by atoms with Gasteiger partial charge in [0.1, 0.15) is 5.52 Å². The molecule has 200 valence electrons. The predicted molar refractivity (Wildman–Crippen MR) is 159 cm³/mol. The third-order valence-electron chi connectivity index (χ3n) is 8.35. The van der Waals surface area contributed by atoms with E-state index in [0.717, 1.165) is 46.8 Å². The maximum absolute atomic E-state index is 16.1. The van der Waals surface area contributed by atoms with Crippen LogP contribution in [-0.4, -0.2) is 28.8 Å². The molecule has 3 atom stereocenters. The van der Waals surface area contributed by atoms with Crippen LogP contribution in [0.5, 0.6) is 0 Å². The molecule has 2 saturated carbocycles. The number of carbonyl (C=O) groups is 2. The summed E-state index contributed by atoms with van der Waals surface area (Å²) in [6.07, 6.45) is 9.07. The average Bonchev–Trinajstić information content (AvgIpc) is 3.70. The molecule has 6 rings (SSSR count). The van der Waals surface area contributed by atoms with Crippen molar-refractivity contribution in [1.82, 2.24) is 9.78 Å². The molecule has 1 aromatic heterocycles. The number of alkyl halides is 1. The van der Waals surface area contributed by atoms with Gasteiger partial charge in [-0.2, -0.15) is 5.10 Å². The minimum absolute atomic E-state index is 0.0231. The van der Waals surface area contributed by atoms with E-state index in [4.69, 9.17) is 4.74 Å². The smallest absolute Gasteiger partial charge is 0.330 e. The predicted octanol–water partition coefficient (Wildman–Crippen LogP) is 6.88. The van der Waals surface area contributed by atoms with Crippen molar-refractivity contribution in [3.63, 3.8) is 0 Å². The van der Waals surface area contributed by atoms with Crippen LogP contribution >= 0.6 is 22.6 Å². The number of aromatic nitrogens is 2. The molecular formula is C31H29FIN3O3. The van der Waals surface area contributed by atoms with Crippen LogP contribution in [0.4, 0.5) is 10.1 Å². The summed E-state index contributed by atoms with van der Waals surface area (Å²) in [5.41, 5.74) is 2.73. The molecule has 4 aromatic rings. The molecule has 2 fully saturated rings. The lowest BCUT2D eigenvalue weighted by Crippen LogP contribution is -2.38. The lowest BCUT2D eigenvalue weighted by atomic mass is 9.87. The van der Waals surface area contributed by atoms with Crippen LogP contribution in [0.15, 0.2) is 60.8 Å². The van der Waals surface area contributed by atoms with Crippen molar-refractivity contribution in [1.29, 1.82) is 0 Å². The van der Waals surface area contributed by atoms with Crippen LogP contribution in [-0.2, 0) is 25.4 Å². The molecule has 0 aliphatic heterocycles. The van der Waals surface area contributed by atoms with Gasteiger partial charge in [-0.15, -0.1) is 0 Å². The van der Waals surface area contributed by atoms with E-state index in [1.54, 1.807) is 17.0 Å². The first-order valence-corrected chi connectivity index (χ1v) is 14.8. The highest BCUT2D eigenvalue weighted by atomic mass is 127. The normalized spacial score (nSPS) is 20.3. The summed E-state index contributed by atoms with van der Waals surface area (Å²) in [6.45, 7) is 0.245. The van der Waals surface area contributed by atoms with E-state index >= 15 is 4.39 Å². The molecule has 0 saturated heterocycles. The third kappa shape index (κ3) is 4.83. The Kier molecular flexibility index (Phi) is 7.14. The SMILES string of the molecule is COC(=O)/C=C/c1cccc(N(Cc2cccc3cc4cnn(CI)c4c(F)c23)C(=O)C2C[C@H]3CCC2C3)c1. The van der Waals surface area contributed by atoms with Crippen molar-refractivity contribution in [3.8, 4) is 0 Å². The third-order valence-corrected chi connectivity index (χ3v) is 8.99. The maximum atomic E-state index is 16.1. The number of hydrogen-bond donors (Lipinski definition) is 0. The van der Waals surface area contributed by atoms with Gasteiger partial charge in [0.05, 0.1) is 24.4 Å². The number of rotatable bonds is 7. The van der Waals surface area contributed by atoms with E-state index in [2.05, 4.69) is 27.7 Å². The van der Waals surface area contributed by atoms with E-state index in [9.17, 15) is 9.59 Å². The zero-order valence-corrected chi connectivity index (χ0v) is 23.8. The number of ether oxygens (including phenoxy) is 1. The second-order valence-electron chi connectivity index (χ2n) is 10.6. The first kappa shape index (κ1) is 26.0. The first-order chi connectivity index (χ1) is 19.0. The Labute approximate surface area is 239 Å². The van der Waals surface area contributed by atoms with E-state index in [1.807, 2.05) is 53.4 Å². The summed E-state index contributed by atoms with van der Waals surface area (Å²) in [7, 11) is 1.34. The standard InChI is InChI=1S/C31H29FIN3O3/c1-39-27(37)11-9-19-4-2-7-25(13-19)35(31(38)26-14-20-8-10-21(26)12-20)17-23-6-3-5-22-15-24-16-34-36(18-33)30(24)29(32)28(22)23/h2-7,9,11,13,15-16,20-21,26H,8,10,12,14,17-18H2,1H3/b11-9+/t20-,21?,26?/m0/s1. The topological polar surface area (TPSA) is 64.4 Å². The lowest BCUT2D eigenvalue weighted by Gasteiger charge is -2.30. The van der Waals surface area contributed by atoms with Crippen molar-refractivity contribution in [2.45, 2.75) is 36.8 Å². The van der Waals surface area contributed by atoms with E-state index in [0.29, 0.717) is 27.3 Å². The molecule has 2 unspecified atom stereocenters. The highest BCUT2D eigenvalue weighted by Crippen LogP contribution is 2.49.